The van der Waals surface area contributed by atoms with Crippen molar-refractivity contribution in [3.05, 3.63) is 51.0 Å². The van der Waals surface area contributed by atoms with Gasteiger partial charge >= 0.3 is 0 Å². The molecule has 0 amide bonds. The first-order valence-corrected chi connectivity index (χ1v) is 7.38. The number of ether oxygens (including phenoxy) is 2. The Morgan fingerprint density at radius 1 is 1.25 bits per heavy atom. The summed E-state index contributed by atoms with van der Waals surface area (Å²) in [6.07, 6.45) is 0. The van der Waals surface area contributed by atoms with Crippen molar-refractivity contribution in [1.82, 2.24) is 0 Å². The second-order valence-corrected chi connectivity index (χ2v) is 5.89. The average molecular weight is 355 g/mol. The maximum atomic E-state index is 6.16. The minimum atomic E-state index is 0.233. The van der Waals surface area contributed by atoms with Crippen LogP contribution >= 0.6 is 27.5 Å². The zero-order valence-corrected chi connectivity index (χ0v) is 13.2. The zero-order chi connectivity index (χ0) is 14.1. The summed E-state index contributed by atoms with van der Waals surface area (Å²) in [5, 5.41) is 3.95. The van der Waals surface area contributed by atoms with Gasteiger partial charge in [-0.2, -0.15) is 0 Å². The molecule has 0 aromatic heterocycles. The monoisotopic (exact) mass is 353 g/mol. The summed E-state index contributed by atoms with van der Waals surface area (Å²) in [5.74, 6) is 1.34. The number of anilines is 1. The molecule has 3 nitrogen and oxygen atoms in total. The van der Waals surface area contributed by atoms with Gasteiger partial charge < -0.3 is 14.8 Å². The molecular formula is C15H13BrClNO2. The topological polar surface area (TPSA) is 30.5 Å². The molecule has 0 atom stereocenters. The Balaban J connectivity index is 1.75. The predicted octanol–water partition coefficient (Wildman–Crippen LogP) is 4.75. The van der Waals surface area contributed by atoms with Crippen LogP contribution < -0.4 is 14.8 Å². The molecule has 5 heteroatoms. The van der Waals surface area contributed by atoms with Gasteiger partial charge in [0, 0.05) is 16.7 Å². The molecule has 0 spiro atoms. The molecule has 1 heterocycles. The normalized spacial score (nSPS) is 12.6. The van der Waals surface area contributed by atoms with Crippen LogP contribution in [0.3, 0.4) is 0 Å². The van der Waals surface area contributed by atoms with Crippen LogP contribution in [0.2, 0.25) is 5.02 Å². The number of hydrogen-bond acceptors (Lipinski definition) is 3. The fourth-order valence-electron chi connectivity index (χ4n) is 2.03. The van der Waals surface area contributed by atoms with E-state index in [1.165, 1.54) is 5.56 Å². The predicted molar refractivity (Wildman–Crippen MR) is 83.8 cm³/mol. The van der Waals surface area contributed by atoms with E-state index in [2.05, 4.69) is 46.4 Å². The van der Waals surface area contributed by atoms with Gasteiger partial charge in [0.2, 0.25) is 6.79 Å². The third-order valence-corrected chi connectivity index (χ3v) is 4.29. The molecule has 0 saturated carbocycles. The summed E-state index contributed by atoms with van der Waals surface area (Å²) in [4.78, 5) is 0. The number of aryl methyl sites for hydroxylation is 1. The van der Waals surface area contributed by atoms with Gasteiger partial charge in [0.15, 0.2) is 11.5 Å². The van der Waals surface area contributed by atoms with E-state index in [0.717, 1.165) is 15.7 Å². The first kappa shape index (κ1) is 13.6. The van der Waals surface area contributed by atoms with Gasteiger partial charge in [-0.05, 0) is 42.3 Å². The van der Waals surface area contributed by atoms with Crippen molar-refractivity contribution in [3.63, 3.8) is 0 Å². The molecule has 0 fully saturated rings. The standard InChI is InChI=1S/C15H13BrClNO2/c1-9-2-3-11(6-12(9)16)18-7-10-4-13(17)15-14(5-10)19-8-20-15/h2-6,18H,7-8H2,1H3. The highest BCUT2D eigenvalue weighted by Gasteiger charge is 2.18. The molecule has 1 aliphatic heterocycles. The van der Waals surface area contributed by atoms with Gasteiger partial charge in [-0.15, -0.1) is 0 Å². The largest absolute Gasteiger partial charge is 0.454 e. The van der Waals surface area contributed by atoms with E-state index in [4.69, 9.17) is 21.1 Å². The highest BCUT2D eigenvalue weighted by atomic mass is 79.9. The summed E-state index contributed by atoms with van der Waals surface area (Å²) < 4.78 is 11.7. The first-order valence-electron chi connectivity index (χ1n) is 6.21. The minimum Gasteiger partial charge on any atom is -0.454 e. The molecule has 3 rings (SSSR count). The van der Waals surface area contributed by atoms with Gasteiger partial charge in [-0.3, -0.25) is 0 Å². The number of rotatable bonds is 3. The molecule has 20 heavy (non-hydrogen) atoms. The molecule has 104 valence electrons. The number of halogens is 2. The Labute approximate surface area is 131 Å². The second-order valence-electron chi connectivity index (χ2n) is 4.63. The number of hydrogen-bond donors (Lipinski definition) is 1. The quantitative estimate of drug-likeness (QED) is 0.862. The van der Waals surface area contributed by atoms with Gasteiger partial charge in [-0.25, -0.2) is 0 Å². The summed E-state index contributed by atoms with van der Waals surface area (Å²) >= 11 is 9.69. The third-order valence-electron chi connectivity index (χ3n) is 3.16. The fraction of sp³-hybridized carbons (Fsp3) is 0.200. The van der Waals surface area contributed by atoms with Gasteiger partial charge in [0.25, 0.3) is 0 Å². The molecule has 0 aliphatic carbocycles. The smallest absolute Gasteiger partial charge is 0.231 e. The van der Waals surface area contributed by atoms with Gasteiger partial charge in [0.1, 0.15) is 0 Å². The van der Waals surface area contributed by atoms with Crippen LogP contribution in [0.15, 0.2) is 34.8 Å². The van der Waals surface area contributed by atoms with Crippen LogP contribution in [-0.4, -0.2) is 6.79 Å². The SMILES string of the molecule is Cc1ccc(NCc2cc(Cl)c3c(c2)OCO3)cc1Br. The van der Waals surface area contributed by atoms with Gasteiger partial charge in [-0.1, -0.05) is 33.6 Å². The van der Waals surface area contributed by atoms with Crippen LogP contribution in [0.5, 0.6) is 11.5 Å². The Bertz CT molecular complexity index is 661. The van der Waals surface area contributed by atoms with Crippen molar-refractivity contribution in [3.8, 4) is 11.5 Å². The number of nitrogens with one attached hydrogen (secondary N) is 1. The number of fused-ring (bicyclic) bond motifs is 1. The van der Waals surface area contributed by atoms with Crippen LogP contribution in [-0.2, 0) is 6.54 Å². The van der Waals surface area contributed by atoms with E-state index in [9.17, 15) is 0 Å². The second kappa shape index (κ2) is 5.54. The van der Waals surface area contributed by atoms with Crippen LogP contribution in [0.4, 0.5) is 5.69 Å². The highest BCUT2D eigenvalue weighted by molar-refractivity contribution is 9.10. The zero-order valence-electron chi connectivity index (χ0n) is 10.9. The molecule has 2 aromatic rings. The third kappa shape index (κ3) is 2.72. The Morgan fingerprint density at radius 3 is 2.90 bits per heavy atom. The van der Waals surface area contributed by atoms with Crippen molar-refractivity contribution in [2.75, 3.05) is 12.1 Å². The molecule has 0 saturated heterocycles. The van der Waals surface area contributed by atoms with Crippen LogP contribution in [0, 0.1) is 6.92 Å². The van der Waals surface area contributed by atoms with Crippen molar-refractivity contribution in [2.45, 2.75) is 13.5 Å². The summed E-state index contributed by atoms with van der Waals surface area (Å²) in [5.41, 5.74) is 3.31. The maximum Gasteiger partial charge on any atom is 0.231 e. The lowest BCUT2D eigenvalue weighted by atomic mass is 10.2. The number of benzene rings is 2. The molecule has 1 aliphatic rings. The molecule has 0 radical (unpaired) electrons. The Hall–Kier alpha value is -1.39. The molecule has 1 N–H and O–H groups in total. The molecule has 2 aromatic carbocycles. The van der Waals surface area contributed by atoms with Crippen molar-refractivity contribution >= 4 is 33.2 Å². The van der Waals surface area contributed by atoms with E-state index in [0.29, 0.717) is 23.1 Å². The van der Waals surface area contributed by atoms with E-state index in [1.54, 1.807) is 0 Å². The molecule has 0 bridgehead atoms. The summed E-state index contributed by atoms with van der Waals surface area (Å²) in [6, 6.07) is 10.0. The Kier molecular flexibility index (Phi) is 3.76. The van der Waals surface area contributed by atoms with Crippen molar-refractivity contribution in [2.24, 2.45) is 0 Å². The lowest BCUT2D eigenvalue weighted by molar-refractivity contribution is 0.174. The lowest BCUT2D eigenvalue weighted by Gasteiger charge is -2.09. The average Bonchev–Trinajstić information content (AvgIpc) is 2.89. The van der Waals surface area contributed by atoms with Crippen LogP contribution in [0.25, 0.3) is 0 Å². The maximum absolute atomic E-state index is 6.16. The van der Waals surface area contributed by atoms with Crippen molar-refractivity contribution in [1.29, 1.82) is 0 Å². The highest BCUT2D eigenvalue weighted by Crippen LogP contribution is 2.39. The van der Waals surface area contributed by atoms with Gasteiger partial charge in [0.05, 0.1) is 5.02 Å². The van der Waals surface area contributed by atoms with E-state index in [-0.39, 0.29) is 6.79 Å². The van der Waals surface area contributed by atoms with Crippen molar-refractivity contribution < 1.29 is 9.47 Å². The lowest BCUT2D eigenvalue weighted by Crippen LogP contribution is -1.99. The molecule has 0 unspecified atom stereocenters. The molecular weight excluding hydrogens is 342 g/mol. The Morgan fingerprint density at radius 2 is 2.10 bits per heavy atom. The fourth-order valence-corrected chi connectivity index (χ4v) is 2.70. The van der Waals surface area contributed by atoms with E-state index >= 15 is 0 Å². The van der Waals surface area contributed by atoms with Crippen LogP contribution in [0.1, 0.15) is 11.1 Å². The minimum absolute atomic E-state index is 0.233. The van der Waals surface area contributed by atoms with E-state index < -0.39 is 0 Å². The summed E-state index contributed by atoms with van der Waals surface area (Å²) in [6.45, 7) is 2.97. The summed E-state index contributed by atoms with van der Waals surface area (Å²) in [7, 11) is 0. The first-order chi connectivity index (χ1) is 9.63. The van der Waals surface area contributed by atoms with E-state index in [1.807, 2.05) is 12.1 Å².